The smallest absolute Gasteiger partial charge is 0.0159 e. The molecule has 0 spiro atoms. The lowest BCUT2D eigenvalue weighted by molar-refractivity contribution is 0.661. The van der Waals surface area contributed by atoms with Gasteiger partial charge in [-0.05, 0) is 332 Å². The van der Waals surface area contributed by atoms with Crippen LogP contribution in [0.1, 0.15) is 74.9 Å². The highest BCUT2D eigenvalue weighted by atomic mass is 14.4. The van der Waals surface area contributed by atoms with Gasteiger partial charge in [-0.25, -0.2) is 0 Å². The van der Waals surface area contributed by atoms with Gasteiger partial charge in [-0.15, -0.1) is 0 Å². The first-order valence-corrected chi connectivity index (χ1v) is 49.8. The van der Waals surface area contributed by atoms with E-state index in [2.05, 4.69) is 515 Å². The lowest BCUT2D eigenvalue weighted by Gasteiger charge is -2.22. The Balaban J connectivity index is 0.000000104. The first-order valence-electron chi connectivity index (χ1n) is 49.8. The largest absolute Gasteiger partial charge is 0.0616 e. The van der Waals surface area contributed by atoms with Crippen molar-refractivity contribution >= 4 is 162 Å². The normalized spacial score (nSPS) is 13.5. The van der Waals surface area contributed by atoms with E-state index in [9.17, 15) is 0 Å². The van der Waals surface area contributed by atoms with Crippen LogP contribution in [0.15, 0.2) is 473 Å². The van der Waals surface area contributed by atoms with Crippen LogP contribution in [-0.2, 0) is 16.2 Å². The third-order valence-electron chi connectivity index (χ3n) is 32.5. The second kappa shape index (κ2) is 31.4. The zero-order valence-corrected chi connectivity index (χ0v) is 79.5. The molecule has 0 unspecified atom stereocenters. The number of benzene rings is 27. The van der Waals surface area contributed by atoms with Crippen LogP contribution in [-0.4, -0.2) is 0 Å². The van der Waals surface area contributed by atoms with Gasteiger partial charge >= 0.3 is 0 Å². The molecule has 0 saturated heterocycles. The minimum absolute atomic E-state index is 0.0460. The van der Waals surface area contributed by atoms with Crippen molar-refractivity contribution < 1.29 is 0 Å². The summed E-state index contributed by atoms with van der Waals surface area (Å²) in [6, 6.07) is 177. The summed E-state index contributed by atoms with van der Waals surface area (Å²) in [5.41, 5.74) is 32.0. The van der Waals surface area contributed by atoms with Crippen LogP contribution in [0, 0.1) is 0 Å². The van der Waals surface area contributed by atoms with Gasteiger partial charge in [0.25, 0.3) is 0 Å². The fourth-order valence-corrected chi connectivity index (χ4v) is 25.8. The Labute approximate surface area is 820 Å². The van der Waals surface area contributed by atoms with Gasteiger partial charge in [0.2, 0.25) is 0 Å². The zero-order chi connectivity index (χ0) is 93.8. The maximum Gasteiger partial charge on any atom is 0.0159 e. The highest BCUT2D eigenvalue weighted by Gasteiger charge is 2.41. The van der Waals surface area contributed by atoms with Crippen LogP contribution in [0.4, 0.5) is 0 Å². The molecule has 0 bridgehead atoms. The number of hydrogen-bond acceptors (Lipinski definition) is 0. The Morgan fingerprint density at radius 3 is 0.709 bits per heavy atom. The van der Waals surface area contributed by atoms with Gasteiger partial charge < -0.3 is 0 Å². The molecular weight excluding hydrogens is 1690 g/mol. The lowest BCUT2D eigenvalue weighted by atomic mass is 9.81. The van der Waals surface area contributed by atoms with Gasteiger partial charge in [0.15, 0.2) is 0 Å². The van der Waals surface area contributed by atoms with Crippen molar-refractivity contribution in [2.45, 2.75) is 57.8 Å². The standard InChI is InChI=1S/C51H34.C47H32.C43H30/c1-51(2)46-26-24-35(30-45(46)50-36-15-6-5-12-31(36)23-27-47(50)51)48-40-16-7-9-18-42(40)49(43-19-10-8-17-41(43)48)39-21-11-20-37-38(39)25-22-34-28-32-13-3-4-14-33(32)29-44(34)37;1-47(2)42-25-24-33(28-41(42)46-35-14-6-4-12-30(35)23-26-43(46)47)45-38-17-9-7-15-36(38)44(37-16-8-10-18-39(37)45)32-22-21-31-20-19-29-11-3-5-13-34(29)40(31)27-32;1-43(2)38-24-23-29(26-37(38)42-31-16-6-4-13-28(31)22-25-39(42)43)40-33-17-7-9-19-35(33)41(36-20-10-8-18-34(36)40)32-21-11-14-27-12-3-5-15-30(27)32/h3-30H,1-2H3;3-28H,1-2H3;3-26H,1-2H3. The minimum Gasteiger partial charge on any atom is -0.0616 e. The summed E-state index contributed by atoms with van der Waals surface area (Å²) < 4.78 is 0. The molecule has 0 amide bonds. The predicted octanol–water partition coefficient (Wildman–Crippen LogP) is 39.3. The van der Waals surface area contributed by atoms with Crippen LogP contribution in [0.2, 0.25) is 0 Å². The highest BCUT2D eigenvalue weighted by Crippen LogP contribution is 2.59. The van der Waals surface area contributed by atoms with Crippen molar-refractivity contribution in [2.24, 2.45) is 0 Å². The third-order valence-corrected chi connectivity index (χ3v) is 32.5. The first-order chi connectivity index (χ1) is 69.2. The summed E-state index contributed by atoms with van der Waals surface area (Å²) in [4.78, 5) is 0. The molecule has 0 nitrogen and oxygen atoms in total. The third kappa shape index (κ3) is 12.4. The lowest BCUT2D eigenvalue weighted by Crippen LogP contribution is -2.14. The van der Waals surface area contributed by atoms with Gasteiger partial charge in [-0.1, -0.05) is 478 Å². The molecule has 0 heterocycles. The zero-order valence-electron chi connectivity index (χ0n) is 79.5. The van der Waals surface area contributed by atoms with Crippen LogP contribution in [0.5, 0.6) is 0 Å². The van der Waals surface area contributed by atoms with Crippen LogP contribution < -0.4 is 0 Å². The van der Waals surface area contributed by atoms with E-state index in [0.29, 0.717) is 0 Å². The Kier molecular flexibility index (Phi) is 18.3. The molecule has 141 heavy (non-hydrogen) atoms. The molecule has 0 saturated carbocycles. The molecule has 0 aromatic heterocycles. The number of fused-ring (bicyclic) bond motifs is 29. The summed E-state index contributed by atoms with van der Waals surface area (Å²) in [5, 5.41) is 38.7. The van der Waals surface area contributed by atoms with Gasteiger partial charge in [0.05, 0.1) is 0 Å². The van der Waals surface area contributed by atoms with E-state index in [1.165, 1.54) is 295 Å². The summed E-state index contributed by atoms with van der Waals surface area (Å²) in [6.45, 7) is 14.2. The summed E-state index contributed by atoms with van der Waals surface area (Å²) >= 11 is 0. The maximum atomic E-state index is 2.48. The van der Waals surface area contributed by atoms with E-state index in [1.54, 1.807) is 0 Å². The van der Waals surface area contributed by atoms with Crippen molar-refractivity contribution in [2.75, 3.05) is 0 Å². The molecule has 0 radical (unpaired) electrons. The SMILES string of the molecule is CC1(C)c2ccc(-c3c4ccccc4c(-c4ccc5ccc6ccccc6c5c4)c4ccccc34)cc2-c2c1ccc1ccccc21.CC1(C)c2ccc(-c3c4ccccc4c(-c4cccc5c4ccc4cc6ccccc6cc45)c4ccccc34)cc2-c2c1ccc1ccccc21.CC1(C)c2ccc(-c3c4ccccc4c(-c4cccc5ccccc45)c4ccccc34)cc2-c2c1ccc1ccccc21. The molecule has 30 rings (SSSR count). The Morgan fingerprint density at radius 2 is 0.333 bits per heavy atom. The second-order valence-electron chi connectivity index (χ2n) is 40.9. The van der Waals surface area contributed by atoms with Crippen molar-refractivity contribution in [3.05, 3.63) is 507 Å². The van der Waals surface area contributed by atoms with Crippen LogP contribution in [0.3, 0.4) is 0 Å². The molecule has 0 N–H and O–H groups in total. The van der Waals surface area contributed by atoms with Gasteiger partial charge in [0.1, 0.15) is 0 Å². The average Bonchev–Trinajstić information content (AvgIpc) is 1.62. The molecule has 660 valence electrons. The summed E-state index contributed by atoms with van der Waals surface area (Å²) in [7, 11) is 0. The van der Waals surface area contributed by atoms with E-state index in [0.717, 1.165) is 0 Å². The predicted molar refractivity (Wildman–Crippen MR) is 607 cm³/mol. The molecule has 27 aromatic rings. The molecule has 0 aliphatic heterocycles. The number of rotatable bonds is 6. The molecular formula is C141H96. The van der Waals surface area contributed by atoms with Crippen LogP contribution >= 0.6 is 0 Å². The maximum absolute atomic E-state index is 2.48. The molecule has 27 aromatic carbocycles. The van der Waals surface area contributed by atoms with Crippen molar-refractivity contribution in [1.29, 1.82) is 0 Å². The Morgan fingerprint density at radius 1 is 0.106 bits per heavy atom. The van der Waals surface area contributed by atoms with Gasteiger partial charge in [0, 0.05) is 16.2 Å². The second-order valence-corrected chi connectivity index (χ2v) is 40.9. The van der Waals surface area contributed by atoms with E-state index in [4.69, 9.17) is 0 Å². The van der Waals surface area contributed by atoms with Crippen LogP contribution in [0.25, 0.3) is 262 Å². The summed E-state index contributed by atoms with van der Waals surface area (Å²) in [6.07, 6.45) is 0. The fraction of sp³-hybridized carbons (Fsp3) is 0.0638. The van der Waals surface area contributed by atoms with E-state index in [1.807, 2.05) is 0 Å². The van der Waals surface area contributed by atoms with Crippen molar-refractivity contribution in [3.8, 4) is 100 Å². The Bertz CT molecular complexity index is 9930. The monoisotopic (exact) mass is 1790 g/mol. The van der Waals surface area contributed by atoms with E-state index < -0.39 is 0 Å². The molecule has 0 atom stereocenters. The summed E-state index contributed by atoms with van der Waals surface area (Å²) in [5.74, 6) is 0. The highest BCUT2D eigenvalue weighted by molar-refractivity contribution is 6.29. The van der Waals surface area contributed by atoms with Gasteiger partial charge in [-0.3, -0.25) is 0 Å². The minimum atomic E-state index is -0.0634. The molecule has 3 aliphatic carbocycles. The first kappa shape index (κ1) is 82.1. The topological polar surface area (TPSA) is 0 Å². The van der Waals surface area contributed by atoms with E-state index >= 15 is 0 Å². The average molecular weight is 1790 g/mol. The quantitative estimate of drug-likeness (QED) is 0.115. The molecule has 3 aliphatic rings. The molecule has 0 heteroatoms. The number of hydrogen-bond donors (Lipinski definition) is 0. The van der Waals surface area contributed by atoms with Crippen molar-refractivity contribution in [3.63, 3.8) is 0 Å². The van der Waals surface area contributed by atoms with Crippen molar-refractivity contribution in [1.82, 2.24) is 0 Å². The Hall–Kier alpha value is -17.2. The molecule has 0 fully saturated rings. The van der Waals surface area contributed by atoms with Gasteiger partial charge in [-0.2, -0.15) is 0 Å². The van der Waals surface area contributed by atoms with E-state index in [-0.39, 0.29) is 16.2 Å². The fourth-order valence-electron chi connectivity index (χ4n) is 25.8.